The first kappa shape index (κ1) is 9.51. The molecule has 0 bridgehead atoms. The van der Waals surface area contributed by atoms with Crippen LogP contribution < -0.4 is 0 Å². The zero-order valence-corrected chi connectivity index (χ0v) is 8.41. The predicted octanol–water partition coefficient (Wildman–Crippen LogP) is 2.93. The molecule has 0 radical (unpaired) electrons. The largest absolute Gasteiger partial charge is 0.166 e. The first-order valence-corrected chi connectivity index (χ1v) is 4.61. The molecule has 1 rings (SSSR count). The van der Waals surface area contributed by atoms with Gasteiger partial charge in [0.25, 0.3) is 0 Å². The first-order valence-electron chi connectivity index (χ1n) is 3.60. The van der Waals surface area contributed by atoms with Gasteiger partial charge in [0.1, 0.15) is 0 Å². The second-order valence-electron chi connectivity index (χ2n) is 2.42. The molecular formula is C10H9ClS. The van der Waals surface area contributed by atoms with Crippen LogP contribution in [0.25, 0.3) is 0 Å². The summed E-state index contributed by atoms with van der Waals surface area (Å²) in [6.07, 6.45) is 0. The lowest BCUT2D eigenvalue weighted by Gasteiger charge is -1.96. The van der Waals surface area contributed by atoms with E-state index in [1.165, 1.54) is 0 Å². The lowest BCUT2D eigenvalue weighted by Crippen LogP contribution is -1.78. The van der Waals surface area contributed by atoms with Crippen LogP contribution in [0.3, 0.4) is 0 Å². The highest BCUT2D eigenvalue weighted by atomic mass is 35.5. The van der Waals surface area contributed by atoms with Gasteiger partial charge in [0.2, 0.25) is 0 Å². The Hall–Kier alpha value is -0.580. The zero-order valence-electron chi connectivity index (χ0n) is 6.76. The average Bonchev–Trinajstić information content (AvgIpc) is 2.07. The number of hydrogen-bond acceptors (Lipinski definition) is 1. The molecule has 0 N–H and O–H groups in total. The summed E-state index contributed by atoms with van der Waals surface area (Å²) in [4.78, 5) is 0. The molecule has 0 heterocycles. The van der Waals surface area contributed by atoms with Crippen LogP contribution in [0.15, 0.2) is 18.2 Å². The van der Waals surface area contributed by atoms with E-state index in [1.807, 2.05) is 25.1 Å². The monoisotopic (exact) mass is 196 g/mol. The van der Waals surface area contributed by atoms with Gasteiger partial charge in [-0.1, -0.05) is 23.4 Å². The minimum absolute atomic E-state index is 0.585. The third-order valence-corrected chi connectivity index (χ3v) is 2.05. The van der Waals surface area contributed by atoms with Gasteiger partial charge < -0.3 is 0 Å². The maximum Gasteiger partial charge on any atom is 0.0521 e. The van der Waals surface area contributed by atoms with Crippen LogP contribution in [0.5, 0.6) is 0 Å². The SMILES string of the molecule is Cc1cc(C#CCS)ccc1Cl. The van der Waals surface area contributed by atoms with E-state index >= 15 is 0 Å². The van der Waals surface area contributed by atoms with Gasteiger partial charge in [0.15, 0.2) is 0 Å². The van der Waals surface area contributed by atoms with Gasteiger partial charge in [0.05, 0.1) is 5.75 Å². The van der Waals surface area contributed by atoms with Crippen molar-refractivity contribution in [1.29, 1.82) is 0 Å². The number of hydrogen-bond donors (Lipinski definition) is 1. The second-order valence-corrected chi connectivity index (χ2v) is 3.15. The Morgan fingerprint density at radius 1 is 1.50 bits per heavy atom. The number of halogens is 1. The molecule has 0 aliphatic carbocycles. The molecule has 0 aliphatic heterocycles. The van der Waals surface area contributed by atoms with Crippen LogP contribution in [-0.2, 0) is 0 Å². The van der Waals surface area contributed by atoms with E-state index in [-0.39, 0.29) is 0 Å². The molecule has 1 aromatic rings. The molecule has 12 heavy (non-hydrogen) atoms. The average molecular weight is 197 g/mol. The van der Waals surface area contributed by atoms with Crippen molar-refractivity contribution in [2.24, 2.45) is 0 Å². The van der Waals surface area contributed by atoms with Crippen molar-refractivity contribution in [3.05, 3.63) is 34.3 Å². The fourth-order valence-corrected chi connectivity index (χ4v) is 1.06. The van der Waals surface area contributed by atoms with Crippen molar-refractivity contribution in [3.8, 4) is 11.8 Å². The van der Waals surface area contributed by atoms with Gasteiger partial charge in [-0.2, -0.15) is 12.6 Å². The van der Waals surface area contributed by atoms with E-state index in [9.17, 15) is 0 Å². The van der Waals surface area contributed by atoms with Crippen LogP contribution in [0, 0.1) is 18.8 Å². The van der Waals surface area contributed by atoms with E-state index in [0.717, 1.165) is 16.1 Å². The maximum atomic E-state index is 5.85. The Labute approximate surface area is 83.3 Å². The van der Waals surface area contributed by atoms with E-state index in [1.54, 1.807) is 0 Å². The van der Waals surface area contributed by atoms with Gasteiger partial charge in [-0.25, -0.2) is 0 Å². The molecule has 0 amide bonds. The summed E-state index contributed by atoms with van der Waals surface area (Å²) in [6, 6.07) is 5.74. The first-order chi connectivity index (χ1) is 5.74. The molecular weight excluding hydrogens is 188 g/mol. The molecule has 0 aliphatic rings. The van der Waals surface area contributed by atoms with Crippen LogP contribution in [0.4, 0.5) is 0 Å². The Balaban J connectivity index is 2.97. The third kappa shape index (κ3) is 2.48. The quantitative estimate of drug-likeness (QED) is 0.479. The van der Waals surface area contributed by atoms with E-state index < -0.39 is 0 Å². The lowest BCUT2D eigenvalue weighted by atomic mass is 10.1. The van der Waals surface area contributed by atoms with Gasteiger partial charge in [-0.15, -0.1) is 0 Å². The number of benzene rings is 1. The minimum Gasteiger partial charge on any atom is -0.166 e. The van der Waals surface area contributed by atoms with E-state index in [0.29, 0.717) is 5.75 Å². The topological polar surface area (TPSA) is 0 Å². The molecule has 0 atom stereocenters. The summed E-state index contributed by atoms with van der Waals surface area (Å²) in [7, 11) is 0. The molecule has 0 unspecified atom stereocenters. The fourth-order valence-electron chi connectivity index (χ4n) is 0.864. The molecule has 62 valence electrons. The van der Waals surface area contributed by atoms with Crippen molar-refractivity contribution in [3.63, 3.8) is 0 Å². The van der Waals surface area contributed by atoms with E-state index in [2.05, 4.69) is 24.5 Å². The minimum atomic E-state index is 0.585. The number of thiol groups is 1. The summed E-state index contributed by atoms with van der Waals surface area (Å²) in [5, 5.41) is 0.784. The molecule has 2 heteroatoms. The maximum absolute atomic E-state index is 5.85. The second kappa shape index (κ2) is 4.45. The smallest absolute Gasteiger partial charge is 0.0521 e. The van der Waals surface area contributed by atoms with Crippen molar-refractivity contribution >= 4 is 24.2 Å². The highest BCUT2D eigenvalue weighted by Crippen LogP contribution is 2.15. The van der Waals surface area contributed by atoms with Gasteiger partial charge >= 0.3 is 0 Å². The normalized spacial score (nSPS) is 8.92. The Morgan fingerprint density at radius 2 is 2.25 bits per heavy atom. The van der Waals surface area contributed by atoms with Crippen LogP contribution in [-0.4, -0.2) is 5.75 Å². The van der Waals surface area contributed by atoms with Gasteiger partial charge in [-0.05, 0) is 30.7 Å². The molecule has 0 saturated heterocycles. The Morgan fingerprint density at radius 3 is 2.83 bits per heavy atom. The molecule has 1 aromatic carbocycles. The Kier molecular flexibility index (Phi) is 3.52. The Bertz CT molecular complexity index is 333. The van der Waals surface area contributed by atoms with Crippen LogP contribution in [0.2, 0.25) is 5.02 Å². The fraction of sp³-hybridized carbons (Fsp3) is 0.200. The van der Waals surface area contributed by atoms with Crippen LogP contribution >= 0.6 is 24.2 Å². The van der Waals surface area contributed by atoms with Crippen molar-refractivity contribution in [1.82, 2.24) is 0 Å². The molecule has 0 nitrogen and oxygen atoms in total. The van der Waals surface area contributed by atoms with E-state index in [4.69, 9.17) is 11.6 Å². The molecule has 0 saturated carbocycles. The summed E-state index contributed by atoms with van der Waals surface area (Å²) in [5.74, 6) is 6.44. The highest BCUT2D eigenvalue weighted by Gasteiger charge is 1.93. The molecule has 0 aromatic heterocycles. The van der Waals surface area contributed by atoms with Gasteiger partial charge in [0, 0.05) is 10.6 Å². The molecule has 0 fully saturated rings. The molecule has 0 spiro atoms. The summed E-state index contributed by atoms with van der Waals surface area (Å²) in [5.41, 5.74) is 2.05. The van der Waals surface area contributed by atoms with Crippen LogP contribution in [0.1, 0.15) is 11.1 Å². The third-order valence-electron chi connectivity index (χ3n) is 1.47. The van der Waals surface area contributed by atoms with Crippen molar-refractivity contribution in [2.45, 2.75) is 6.92 Å². The zero-order chi connectivity index (χ0) is 8.97. The lowest BCUT2D eigenvalue weighted by molar-refractivity contribution is 1.45. The van der Waals surface area contributed by atoms with Crippen molar-refractivity contribution in [2.75, 3.05) is 5.75 Å². The summed E-state index contributed by atoms with van der Waals surface area (Å²) >= 11 is 9.85. The number of rotatable bonds is 0. The number of aryl methyl sites for hydroxylation is 1. The standard InChI is InChI=1S/C10H9ClS/c1-8-7-9(3-2-6-12)4-5-10(8)11/h4-5,7,12H,6H2,1H3. The highest BCUT2D eigenvalue weighted by molar-refractivity contribution is 7.80. The van der Waals surface area contributed by atoms with Crippen molar-refractivity contribution < 1.29 is 0 Å². The van der Waals surface area contributed by atoms with Gasteiger partial charge in [-0.3, -0.25) is 0 Å². The predicted molar refractivity (Wildman–Crippen MR) is 56.9 cm³/mol. The summed E-state index contributed by atoms with van der Waals surface area (Å²) in [6.45, 7) is 1.97. The summed E-state index contributed by atoms with van der Waals surface area (Å²) < 4.78 is 0.